The molecule has 0 rings (SSSR count). The number of nitrogens with two attached hydrogens (primary N) is 1. The first-order valence-corrected chi connectivity index (χ1v) is 5.16. The lowest BCUT2D eigenvalue weighted by atomic mass is 10.1. The van der Waals surface area contributed by atoms with Crippen molar-refractivity contribution in [3.05, 3.63) is 12.2 Å². The molecule has 0 aliphatic heterocycles. The Kier molecular flexibility index (Phi) is 7.11. The number of carbonyl (C=O) groups is 1. The van der Waals surface area contributed by atoms with Crippen molar-refractivity contribution in [1.82, 2.24) is 4.90 Å². The molecule has 14 heavy (non-hydrogen) atoms. The van der Waals surface area contributed by atoms with Crippen LogP contribution in [0.4, 0.5) is 0 Å². The fourth-order valence-electron chi connectivity index (χ4n) is 1.21. The van der Waals surface area contributed by atoms with Crippen molar-refractivity contribution in [2.24, 2.45) is 5.73 Å². The van der Waals surface area contributed by atoms with Gasteiger partial charge in [0, 0.05) is 26.6 Å². The highest BCUT2D eigenvalue weighted by Gasteiger charge is 2.05. The number of hydrogen-bond acceptors (Lipinski definition) is 2. The van der Waals surface area contributed by atoms with Crippen LogP contribution in [-0.4, -0.2) is 30.9 Å². The minimum Gasteiger partial charge on any atom is -0.346 e. The van der Waals surface area contributed by atoms with E-state index in [1.807, 2.05) is 14.0 Å². The molecule has 0 aromatic carbocycles. The molecule has 0 aliphatic rings. The number of hydrogen-bond donors (Lipinski definition) is 1. The first-order chi connectivity index (χ1) is 6.57. The van der Waals surface area contributed by atoms with Crippen LogP contribution in [0.3, 0.4) is 0 Å². The lowest BCUT2D eigenvalue weighted by molar-refractivity contribution is -0.129. The van der Waals surface area contributed by atoms with Gasteiger partial charge in [-0.05, 0) is 26.2 Å². The highest BCUT2D eigenvalue weighted by Crippen LogP contribution is 2.04. The minimum absolute atomic E-state index is 0.142. The molecular weight excluding hydrogens is 176 g/mol. The van der Waals surface area contributed by atoms with Gasteiger partial charge >= 0.3 is 0 Å². The zero-order valence-electron chi connectivity index (χ0n) is 9.38. The molecule has 3 nitrogen and oxygen atoms in total. The fourth-order valence-corrected chi connectivity index (χ4v) is 1.21. The third-order valence-corrected chi connectivity index (χ3v) is 2.13. The van der Waals surface area contributed by atoms with E-state index in [0.717, 1.165) is 25.8 Å². The molecular formula is C11H22N2O. The van der Waals surface area contributed by atoms with E-state index >= 15 is 0 Å². The number of unbranched alkanes of at least 4 members (excludes halogenated alkanes) is 1. The van der Waals surface area contributed by atoms with Crippen molar-refractivity contribution in [2.75, 3.05) is 20.1 Å². The monoisotopic (exact) mass is 198 g/mol. The molecule has 0 aromatic heterocycles. The summed E-state index contributed by atoms with van der Waals surface area (Å²) in [6.45, 7) is 7.14. The zero-order chi connectivity index (χ0) is 11.0. The summed E-state index contributed by atoms with van der Waals surface area (Å²) in [6, 6.07) is 0. The van der Waals surface area contributed by atoms with Crippen molar-refractivity contribution < 1.29 is 4.79 Å². The van der Waals surface area contributed by atoms with Crippen LogP contribution < -0.4 is 5.73 Å². The number of allylic oxidation sites excluding steroid dienone is 1. The van der Waals surface area contributed by atoms with Crippen LogP contribution in [0.25, 0.3) is 0 Å². The summed E-state index contributed by atoms with van der Waals surface area (Å²) in [5.74, 6) is 0.142. The summed E-state index contributed by atoms with van der Waals surface area (Å²) in [5, 5.41) is 0. The van der Waals surface area contributed by atoms with Crippen LogP contribution in [0.5, 0.6) is 0 Å². The molecule has 0 saturated carbocycles. The standard InChI is InChI=1S/C11H22N2O/c1-10(2)6-4-5-9-13(3)11(14)7-8-12/h1,4-9,12H2,2-3H3. The van der Waals surface area contributed by atoms with Crippen LogP contribution in [0.2, 0.25) is 0 Å². The Morgan fingerprint density at radius 1 is 1.36 bits per heavy atom. The second-order valence-electron chi connectivity index (χ2n) is 3.77. The van der Waals surface area contributed by atoms with Gasteiger partial charge in [0.15, 0.2) is 0 Å². The van der Waals surface area contributed by atoms with Crippen molar-refractivity contribution in [2.45, 2.75) is 32.6 Å². The Labute approximate surface area is 87.0 Å². The van der Waals surface area contributed by atoms with Crippen LogP contribution in [0.15, 0.2) is 12.2 Å². The van der Waals surface area contributed by atoms with Crippen LogP contribution in [0.1, 0.15) is 32.6 Å². The summed E-state index contributed by atoms with van der Waals surface area (Å²) in [6.07, 6.45) is 3.66. The van der Waals surface area contributed by atoms with E-state index in [1.165, 1.54) is 5.57 Å². The van der Waals surface area contributed by atoms with E-state index in [0.29, 0.717) is 13.0 Å². The summed E-state index contributed by atoms with van der Waals surface area (Å²) < 4.78 is 0. The summed E-state index contributed by atoms with van der Waals surface area (Å²) >= 11 is 0. The molecule has 0 heterocycles. The van der Waals surface area contributed by atoms with Gasteiger partial charge in [-0.2, -0.15) is 0 Å². The second kappa shape index (κ2) is 7.56. The van der Waals surface area contributed by atoms with Crippen molar-refractivity contribution in [1.29, 1.82) is 0 Å². The van der Waals surface area contributed by atoms with Gasteiger partial charge in [0.1, 0.15) is 0 Å². The molecule has 0 aliphatic carbocycles. The Morgan fingerprint density at radius 3 is 2.50 bits per heavy atom. The molecule has 0 aromatic rings. The van der Waals surface area contributed by atoms with Gasteiger partial charge in [-0.1, -0.05) is 5.57 Å². The molecule has 0 spiro atoms. The Balaban J connectivity index is 3.48. The molecule has 1 amide bonds. The SMILES string of the molecule is C=C(C)CCCCN(C)C(=O)CCN. The third-order valence-electron chi connectivity index (χ3n) is 2.13. The predicted molar refractivity (Wildman–Crippen MR) is 60.0 cm³/mol. The van der Waals surface area contributed by atoms with Crippen LogP contribution in [-0.2, 0) is 4.79 Å². The first-order valence-electron chi connectivity index (χ1n) is 5.16. The first kappa shape index (κ1) is 13.2. The van der Waals surface area contributed by atoms with Gasteiger partial charge in [0.25, 0.3) is 0 Å². The van der Waals surface area contributed by atoms with Crippen LogP contribution >= 0.6 is 0 Å². The molecule has 82 valence electrons. The zero-order valence-corrected chi connectivity index (χ0v) is 9.38. The average molecular weight is 198 g/mol. The highest BCUT2D eigenvalue weighted by molar-refractivity contribution is 5.75. The van der Waals surface area contributed by atoms with E-state index in [2.05, 4.69) is 6.58 Å². The average Bonchev–Trinajstić information content (AvgIpc) is 2.12. The lowest BCUT2D eigenvalue weighted by Crippen LogP contribution is -2.29. The van der Waals surface area contributed by atoms with Crippen LogP contribution in [0, 0.1) is 0 Å². The number of carbonyl (C=O) groups excluding carboxylic acids is 1. The van der Waals surface area contributed by atoms with Gasteiger partial charge in [-0.25, -0.2) is 0 Å². The molecule has 2 N–H and O–H groups in total. The second-order valence-corrected chi connectivity index (χ2v) is 3.77. The molecule has 0 bridgehead atoms. The van der Waals surface area contributed by atoms with E-state index in [1.54, 1.807) is 4.90 Å². The van der Waals surface area contributed by atoms with Gasteiger partial charge in [-0.3, -0.25) is 4.79 Å². The Morgan fingerprint density at radius 2 is 2.00 bits per heavy atom. The van der Waals surface area contributed by atoms with E-state index in [-0.39, 0.29) is 5.91 Å². The van der Waals surface area contributed by atoms with Gasteiger partial charge in [0.05, 0.1) is 0 Å². The van der Waals surface area contributed by atoms with E-state index in [4.69, 9.17) is 5.73 Å². The van der Waals surface area contributed by atoms with Gasteiger partial charge in [0.2, 0.25) is 5.91 Å². The minimum atomic E-state index is 0.142. The summed E-state index contributed by atoms with van der Waals surface area (Å²) in [5.41, 5.74) is 6.51. The van der Waals surface area contributed by atoms with Crippen molar-refractivity contribution >= 4 is 5.91 Å². The Hall–Kier alpha value is -0.830. The fraction of sp³-hybridized carbons (Fsp3) is 0.727. The lowest BCUT2D eigenvalue weighted by Gasteiger charge is -2.16. The molecule has 0 atom stereocenters. The number of amides is 1. The maximum Gasteiger partial charge on any atom is 0.223 e. The molecule has 0 unspecified atom stereocenters. The molecule has 0 saturated heterocycles. The summed E-state index contributed by atoms with van der Waals surface area (Å²) in [7, 11) is 1.83. The smallest absolute Gasteiger partial charge is 0.223 e. The number of nitrogens with zero attached hydrogens (tertiary/aromatic N) is 1. The predicted octanol–water partition coefficient (Wildman–Crippen LogP) is 1.54. The third kappa shape index (κ3) is 6.66. The topological polar surface area (TPSA) is 46.3 Å². The van der Waals surface area contributed by atoms with Gasteiger partial charge in [-0.15, -0.1) is 6.58 Å². The van der Waals surface area contributed by atoms with Crippen molar-refractivity contribution in [3.8, 4) is 0 Å². The Bertz CT molecular complexity index is 190. The van der Waals surface area contributed by atoms with Gasteiger partial charge < -0.3 is 10.6 Å². The highest BCUT2D eigenvalue weighted by atomic mass is 16.2. The molecule has 0 radical (unpaired) electrons. The maximum atomic E-state index is 11.3. The molecule has 3 heteroatoms. The maximum absolute atomic E-state index is 11.3. The summed E-state index contributed by atoms with van der Waals surface area (Å²) in [4.78, 5) is 13.1. The van der Waals surface area contributed by atoms with E-state index in [9.17, 15) is 4.79 Å². The van der Waals surface area contributed by atoms with E-state index < -0.39 is 0 Å². The number of rotatable bonds is 7. The quantitative estimate of drug-likeness (QED) is 0.498. The molecule has 0 fully saturated rings. The van der Waals surface area contributed by atoms with Crippen molar-refractivity contribution in [3.63, 3.8) is 0 Å². The largest absolute Gasteiger partial charge is 0.346 e. The normalized spacial score (nSPS) is 9.93.